The van der Waals surface area contributed by atoms with E-state index in [1.165, 1.54) is 12.1 Å². The zero-order valence-corrected chi connectivity index (χ0v) is 17.8. The van der Waals surface area contributed by atoms with E-state index in [4.69, 9.17) is 0 Å². The molecule has 30 heavy (non-hydrogen) atoms. The number of nitrogens with zero attached hydrogens (tertiary/aromatic N) is 1. The van der Waals surface area contributed by atoms with Crippen molar-refractivity contribution in [3.05, 3.63) is 59.7 Å². The third kappa shape index (κ3) is 6.24. The van der Waals surface area contributed by atoms with Gasteiger partial charge in [0.2, 0.25) is 15.9 Å². The Balaban J connectivity index is 2.27. The molecule has 2 rings (SSSR count). The van der Waals surface area contributed by atoms with Crippen LogP contribution < -0.4 is 14.9 Å². The summed E-state index contributed by atoms with van der Waals surface area (Å²) in [6.07, 6.45) is 0.840. The number of carbonyl (C=O) groups is 2. The minimum absolute atomic E-state index is 0.183. The molecule has 0 aliphatic heterocycles. The Hall–Kier alpha value is -3.01. The van der Waals surface area contributed by atoms with Crippen LogP contribution >= 0.6 is 0 Å². The van der Waals surface area contributed by atoms with Crippen molar-refractivity contribution in [3.63, 3.8) is 0 Å². The summed E-state index contributed by atoms with van der Waals surface area (Å²) in [6, 6.07) is 8.75. The van der Waals surface area contributed by atoms with E-state index in [9.17, 15) is 26.8 Å². The summed E-state index contributed by atoms with van der Waals surface area (Å²) in [4.78, 5) is 25.0. The molecule has 2 aromatic carbocycles. The van der Waals surface area contributed by atoms with Crippen molar-refractivity contribution >= 4 is 33.2 Å². The smallest absolute Gasteiger partial charge is 0.253 e. The van der Waals surface area contributed by atoms with Crippen molar-refractivity contribution in [2.75, 3.05) is 22.4 Å². The Bertz CT molecular complexity index is 1070. The average Bonchev–Trinajstić information content (AvgIpc) is 2.60. The molecular weight excluding hydrogens is 416 g/mol. The number of rotatable bonds is 6. The molecule has 2 amide bonds. The molecule has 0 heterocycles. The van der Waals surface area contributed by atoms with Gasteiger partial charge in [0.1, 0.15) is 6.54 Å². The number of halogens is 2. The van der Waals surface area contributed by atoms with Crippen LogP contribution in [0.3, 0.4) is 0 Å². The van der Waals surface area contributed by atoms with Gasteiger partial charge in [0, 0.05) is 11.6 Å². The third-order valence-corrected chi connectivity index (χ3v) is 4.95. The van der Waals surface area contributed by atoms with Crippen molar-refractivity contribution in [1.82, 2.24) is 5.32 Å². The highest BCUT2D eigenvalue weighted by Gasteiger charge is 2.24. The minimum atomic E-state index is -3.98. The van der Waals surface area contributed by atoms with Gasteiger partial charge in [-0.3, -0.25) is 13.9 Å². The second kappa shape index (κ2) is 8.78. The first-order valence-electron chi connectivity index (χ1n) is 8.92. The van der Waals surface area contributed by atoms with E-state index in [0.717, 1.165) is 18.4 Å². The molecule has 0 aliphatic carbocycles. The van der Waals surface area contributed by atoms with Gasteiger partial charge in [0.05, 0.1) is 23.2 Å². The van der Waals surface area contributed by atoms with Crippen LogP contribution in [0.2, 0.25) is 0 Å². The zero-order valence-electron chi connectivity index (χ0n) is 17.0. The van der Waals surface area contributed by atoms with Crippen molar-refractivity contribution in [3.8, 4) is 0 Å². The van der Waals surface area contributed by atoms with E-state index < -0.39 is 45.6 Å². The van der Waals surface area contributed by atoms with Gasteiger partial charge in [0.25, 0.3) is 5.91 Å². The van der Waals surface area contributed by atoms with Crippen LogP contribution in [0.1, 0.15) is 31.1 Å². The number of benzene rings is 2. The second-order valence-corrected chi connectivity index (χ2v) is 9.57. The fraction of sp³-hybridized carbons (Fsp3) is 0.300. The predicted molar refractivity (Wildman–Crippen MR) is 111 cm³/mol. The molecule has 7 nitrogen and oxygen atoms in total. The number of amides is 2. The highest BCUT2D eigenvalue weighted by molar-refractivity contribution is 7.92. The Morgan fingerprint density at radius 3 is 2.23 bits per heavy atom. The molecule has 0 spiro atoms. The molecule has 2 aromatic rings. The average molecular weight is 439 g/mol. The first kappa shape index (κ1) is 23.3. The van der Waals surface area contributed by atoms with Crippen molar-refractivity contribution in [2.24, 2.45) is 0 Å². The van der Waals surface area contributed by atoms with Gasteiger partial charge in [0.15, 0.2) is 11.6 Å². The van der Waals surface area contributed by atoms with Crippen LogP contribution in [0.4, 0.5) is 20.2 Å². The number of anilines is 2. The van der Waals surface area contributed by atoms with Gasteiger partial charge in [-0.05, 0) is 45.0 Å². The molecule has 162 valence electrons. The van der Waals surface area contributed by atoms with Crippen LogP contribution in [-0.2, 0) is 14.8 Å². The maximum absolute atomic E-state index is 13.5. The summed E-state index contributed by atoms with van der Waals surface area (Å²) < 4.78 is 51.6. The van der Waals surface area contributed by atoms with Crippen LogP contribution in [0.5, 0.6) is 0 Å². The summed E-state index contributed by atoms with van der Waals surface area (Å²) >= 11 is 0. The lowest BCUT2D eigenvalue weighted by atomic mass is 10.1. The summed E-state index contributed by atoms with van der Waals surface area (Å²) in [6.45, 7) is 4.72. The molecule has 2 N–H and O–H groups in total. The monoisotopic (exact) mass is 439 g/mol. The fourth-order valence-electron chi connectivity index (χ4n) is 2.56. The molecule has 0 saturated heterocycles. The van der Waals surface area contributed by atoms with E-state index in [1.807, 2.05) is 0 Å². The summed E-state index contributed by atoms with van der Waals surface area (Å²) in [7, 11) is -3.98. The highest BCUT2D eigenvalue weighted by Crippen LogP contribution is 2.21. The molecule has 0 unspecified atom stereocenters. The number of sulfonamides is 1. The van der Waals surface area contributed by atoms with Crippen LogP contribution in [0.25, 0.3) is 0 Å². The number of hydrogen-bond acceptors (Lipinski definition) is 4. The largest absolute Gasteiger partial charge is 0.347 e. The van der Waals surface area contributed by atoms with Crippen molar-refractivity contribution < 1.29 is 26.8 Å². The lowest BCUT2D eigenvalue weighted by molar-refractivity contribution is -0.114. The molecule has 0 bridgehead atoms. The standard InChI is InChI=1S/C20H23F2N3O4S/c1-20(2,3)24-19(27)14-7-5-6-8-17(14)23-18(26)12-25(30(4,28)29)13-9-10-15(21)16(22)11-13/h5-11H,12H2,1-4H3,(H,23,26)(H,24,27). The van der Waals surface area contributed by atoms with E-state index in [2.05, 4.69) is 10.6 Å². The van der Waals surface area contributed by atoms with Crippen molar-refractivity contribution in [2.45, 2.75) is 26.3 Å². The first-order chi connectivity index (χ1) is 13.8. The lowest BCUT2D eigenvalue weighted by Gasteiger charge is -2.23. The Kier molecular flexibility index (Phi) is 6.81. The molecular formula is C20H23F2N3O4S. The zero-order chi connectivity index (χ0) is 22.7. The SMILES string of the molecule is CC(C)(C)NC(=O)c1ccccc1NC(=O)CN(c1ccc(F)c(F)c1)S(C)(=O)=O. The van der Waals surface area contributed by atoms with Gasteiger partial charge in [-0.25, -0.2) is 17.2 Å². The third-order valence-electron chi connectivity index (χ3n) is 3.81. The molecule has 0 atom stereocenters. The maximum Gasteiger partial charge on any atom is 0.253 e. The summed E-state index contributed by atoms with van der Waals surface area (Å²) in [5.74, 6) is -3.57. The van der Waals surface area contributed by atoms with Gasteiger partial charge in [-0.2, -0.15) is 0 Å². The van der Waals surface area contributed by atoms with Crippen LogP contribution in [-0.4, -0.2) is 38.6 Å². The van der Waals surface area contributed by atoms with Gasteiger partial charge in [-0.15, -0.1) is 0 Å². The topological polar surface area (TPSA) is 95.6 Å². The molecule has 0 saturated carbocycles. The molecule has 0 aromatic heterocycles. The Labute approximate surface area is 174 Å². The summed E-state index contributed by atoms with van der Waals surface area (Å²) in [5, 5.41) is 5.28. The summed E-state index contributed by atoms with van der Waals surface area (Å²) in [5.41, 5.74) is -0.332. The number of nitrogens with one attached hydrogen (secondary N) is 2. The van der Waals surface area contributed by atoms with Gasteiger partial charge in [-0.1, -0.05) is 12.1 Å². The van der Waals surface area contributed by atoms with E-state index in [0.29, 0.717) is 10.4 Å². The number of para-hydroxylation sites is 1. The van der Waals surface area contributed by atoms with E-state index >= 15 is 0 Å². The second-order valence-electron chi connectivity index (χ2n) is 7.67. The normalized spacial score (nSPS) is 11.7. The van der Waals surface area contributed by atoms with Gasteiger partial charge < -0.3 is 10.6 Å². The number of hydrogen-bond donors (Lipinski definition) is 2. The van der Waals surface area contributed by atoms with Crippen LogP contribution in [0, 0.1) is 11.6 Å². The predicted octanol–water partition coefficient (Wildman–Crippen LogP) is 2.90. The molecule has 0 radical (unpaired) electrons. The fourth-order valence-corrected chi connectivity index (χ4v) is 3.41. The highest BCUT2D eigenvalue weighted by atomic mass is 32.2. The Morgan fingerprint density at radius 2 is 1.67 bits per heavy atom. The minimum Gasteiger partial charge on any atom is -0.347 e. The quantitative estimate of drug-likeness (QED) is 0.724. The lowest BCUT2D eigenvalue weighted by Crippen LogP contribution is -2.41. The molecule has 0 fully saturated rings. The van der Waals surface area contributed by atoms with E-state index in [-0.39, 0.29) is 16.9 Å². The van der Waals surface area contributed by atoms with Gasteiger partial charge >= 0.3 is 0 Å². The number of carbonyl (C=O) groups excluding carboxylic acids is 2. The first-order valence-corrected chi connectivity index (χ1v) is 10.8. The molecule has 10 heteroatoms. The van der Waals surface area contributed by atoms with Crippen molar-refractivity contribution in [1.29, 1.82) is 0 Å². The van der Waals surface area contributed by atoms with Crippen LogP contribution in [0.15, 0.2) is 42.5 Å². The van der Waals surface area contributed by atoms with E-state index in [1.54, 1.807) is 32.9 Å². The maximum atomic E-state index is 13.5. The Morgan fingerprint density at radius 1 is 1.03 bits per heavy atom. The molecule has 0 aliphatic rings.